The van der Waals surface area contributed by atoms with Crippen molar-refractivity contribution in [2.24, 2.45) is 0 Å². The molecule has 0 spiro atoms. The van der Waals surface area contributed by atoms with Gasteiger partial charge in [-0.05, 0) is 50.6 Å². The number of benzene rings is 1. The van der Waals surface area contributed by atoms with Crippen molar-refractivity contribution < 1.29 is 14.6 Å². The van der Waals surface area contributed by atoms with Crippen LogP contribution in [0.15, 0.2) is 24.3 Å². The average Bonchev–Trinajstić information content (AvgIpc) is 2.40. The van der Waals surface area contributed by atoms with Crippen molar-refractivity contribution in [3.8, 4) is 5.75 Å². The lowest BCUT2D eigenvalue weighted by Gasteiger charge is -2.29. The molecule has 4 nitrogen and oxygen atoms in total. The lowest BCUT2D eigenvalue weighted by molar-refractivity contribution is 0.0697. The zero-order valence-corrected chi connectivity index (χ0v) is 10.6. The van der Waals surface area contributed by atoms with Crippen LogP contribution in [0.4, 0.5) is 0 Å². The van der Waals surface area contributed by atoms with Gasteiger partial charge in [-0.2, -0.15) is 0 Å². The Morgan fingerprint density at radius 1 is 1.39 bits per heavy atom. The number of piperidine rings is 1. The van der Waals surface area contributed by atoms with Gasteiger partial charge in [0.25, 0.3) is 0 Å². The summed E-state index contributed by atoms with van der Waals surface area (Å²) in [7, 11) is 0. The van der Waals surface area contributed by atoms with E-state index in [9.17, 15) is 4.79 Å². The molecule has 18 heavy (non-hydrogen) atoms. The Morgan fingerprint density at radius 3 is 2.67 bits per heavy atom. The molecule has 2 unspecified atom stereocenters. The molecule has 0 bridgehead atoms. The number of carbonyl (C=O) groups is 1. The first-order valence-corrected chi connectivity index (χ1v) is 6.40. The first-order chi connectivity index (χ1) is 8.66. The van der Waals surface area contributed by atoms with Gasteiger partial charge < -0.3 is 15.2 Å². The number of hydrogen-bond acceptors (Lipinski definition) is 3. The van der Waals surface area contributed by atoms with Crippen molar-refractivity contribution in [2.45, 2.75) is 38.3 Å². The van der Waals surface area contributed by atoms with Gasteiger partial charge in [-0.1, -0.05) is 6.42 Å². The monoisotopic (exact) mass is 249 g/mol. The summed E-state index contributed by atoms with van der Waals surface area (Å²) in [5.74, 6) is -0.191. The van der Waals surface area contributed by atoms with Gasteiger partial charge in [0.05, 0.1) is 5.56 Å². The number of nitrogens with one attached hydrogen (secondary N) is 1. The lowest BCUT2D eigenvalue weighted by atomic mass is 10.0. The molecular weight excluding hydrogens is 230 g/mol. The van der Waals surface area contributed by atoms with Gasteiger partial charge in [-0.3, -0.25) is 0 Å². The van der Waals surface area contributed by atoms with E-state index in [1.807, 2.05) is 6.92 Å². The summed E-state index contributed by atoms with van der Waals surface area (Å²) in [6.07, 6.45) is 3.70. The molecule has 98 valence electrons. The fourth-order valence-corrected chi connectivity index (χ4v) is 2.25. The molecule has 1 aromatic rings. The van der Waals surface area contributed by atoms with Gasteiger partial charge in [0.2, 0.25) is 0 Å². The highest BCUT2D eigenvalue weighted by Crippen LogP contribution is 2.18. The topological polar surface area (TPSA) is 58.6 Å². The Labute approximate surface area is 107 Å². The highest BCUT2D eigenvalue weighted by atomic mass is 16.5. The molecule has 4 heteroatoms. The van der Waals surface area contributed by atoms with Crippen LogP contribution in [0.1, 0.15) is 36.5 Å². The minimum atomic E-state index is -0.913. The van der Waals surface area contributed by atoms with E-state index in [0.29, 0.717) is 6.04 Å². The Bertz CT molecular complexity index is 396. The second-order valence-electron chi connectivity index (χ2n) is 4.71. The average molecular weight is 249 g/mol. The van der Waals surface area contributed by atoms with E-state index in [-0.39, 0.29) is 11.7 Å². The summed E-state index contributed by atoms with van der Waals surface area (Å²) in [4.78, 5) is 10.7. The van der Waals surface area contributed by atoms with E-state index >= 15 is 0 Å². The molecule has 1 heterocycles. The van der Waals surface area contributed by atoms with Crippen LogP contribution in [0.5, 0.6) is 5.75 Å². The number of carboxylic acids is 1. The van der Waals surface area contributed by atoms with Crippen molar-refractivity contribution in [2.75, 3.05) is 6.54 Å². The molecule has 2 N–H and O–H groups in total. The normalized spacial score (nSPS) is 21.3. The minimum absolute atomic E-state index is 0.0981. The third-order valence-corrected chi connectivity index (χ3v) is 3.34. The quantitative estimate of drug-likeness (QED) is 0.859. The van der Waals surface area contributed by atoms with Crippen molar-refractivity contribution >= 4 is 5.97 Å². The van der Waals surface area contributed by atoms with Crippen LogP contribution in [0.3, 0.4) is 0 Å². The molecule has 0 aliphatic carbocycles. The maximum atomic E-state index is 10.7. The number of ether oxygens (including phenoxy) is 1. The third-order valence-electron chi connectivity index (χ3n) is 3.34. The summed E-state index contributed by atoms with van der Waals surface area (Å²) in [6.45, 7) is 3.10. The van der Waals surface area contributed by atoms with Crippen LogP contribution in [0, 0.1) is 0 Å². The number of carboxylic acid groups (broad SMARTS) is 1. The van der Waals surface area contributed by atoms with Crippen molar-refractivity contribution in [1.82, 2.24) is 5.32 Å². The molecule has 1 aromatic carbocycles. The van der Waals surface area contributed by atoms with Crippen molar-refractivity contribution in [3.63, 3.8) is 0 Å². The summed E-state index contributed by atoms with van der Waals surface area (Å²) >= 11 is 0. The van der Waals surface area contributed by atoms with Gasteiger partial charge in [-0.15, -0.1) is 0 Å². The van der Waals surface area contributed by atoms with Crippen LogP contribution in [-0.4, -0.2) is 29.8 Å². The Morgan fingerprint density at radius 2 is 2.11 bits per heavy atom. The van der Waals surface area contributed by atoms with Gasteiger partial charge in [0.15, 0.2) is 0 Å². The van der Waals surface area contributed by atoms with Crippen LogP contribution < -0.4 is 10.1 Å². The standard InChI is InChI=1S/C14H19NO3/c1-10(13-4-2-3-9-15-13)18-12-7-5-11(6-8-12)14(16)17/h5-8,10,13,15H,2-4,9H2,1H3,(H,16,17). The third kappa shape index (κ3) is 3.23. The SMILES string of the molecule is CC(Oc1ccc(C(=O)O)cc1)C1CCCCN1. The van der Waals surface area contributed by atoms with Crippen LogP contribution in [0.2, 0.25) is 0 Å². The maximum Gasteiger partial charge on any atom is 0.335 e. The molecule has 0 saturated carbocycles. The molecular formula is C14H19NO3. The second-order valence-corrected chi connectivity index (χ2v) is 4.71. The van der Waals surface area contributed by atoms with E-state index < -0.39 is 5.97 Å². The number of rotatable bonds is 4. The molecule has 1 aliphatic heterocycles. The van der Waals surface area contributed by atoms with E-state index in [0.717, 1.165) is 18.7 Å². The highest BCUT2D eigenvalue weighted by Gasteiger charge is 2.20. The van der Waals surface area contributed by atoms with Crippen molar-refractivity contribution in [1.29, 1.82) is 0 Å². The van der Waals surface area contributed by atoms with Gasteiger partial charge in [-0.25, -0.2) is 4.79 Å². The fourth-order valence-electron chi connectivity index (χ4n) is 2.25. The van der Waals surface area contributed by atoms with E-state index in [4.69, 9.17) is 9.84 Å². The fraction of sp³-hybridized carbons (Fsp3) is 0.500. The first kappa shape index (κ1) is 12.9. The molecule has 1 saturated heterocycles. The molecule has 2 rings (SSSR count). The zero-order valence-electron chi connectivity index (χ0n) is 10.6. The highest BCUT2D eigenvalue weighted by molar-refractivity contribution is 5.87. The van der Waals surface area contributed by atoms with Crippen molar-refractivity contribution in [3.05, 3.63) is 29.8 Å². The molecule has 0 radical (unpaired) electrons. The number of aromatic carboxylic acids is 1. The van der Waals surface area contributed by atoms with Gasteiger partial charge >= 0.3 is 5.97 Å². The predicted molar refractivity (Wildman–Crippen MR) is 69.1 cm³/mol. The van der Waals surface area contributed by atoms with Crippen LogP contribution >= 0.6 is 0 Å². The summed E-state index contributed by atoms with van der Waals surface area (Å²) in [5, 5.41) is 12.3. The second kappa shape index (κ2) is 5.87. The maximum absolute atomic E-state index is 10.7. The molecule has 1 aliphatic rings. The smallest absolute Gasteiger partial charge is 0.335 e. The molecule has 1 fully saturated rings. The molecule has 2 atom stereocenters. The Balaban J connectivity index is 1.93. The lowest BCUT2D eigenvalue weighted by Crippen LogP contribution is -2.44. The Kier molecular flexibility index (Phi) is 4.20. The molecule has 0 aromatic heterocycles. The zero-order chi connectivity index (χ0) is 13.0. The van der Waals surface area contributed by atoms with Crippen LogP contribution in [-0.2, 0) is 0 Å². The summed E-state index contributed by atoms with van der Waals surface area (Å²) < 4.78 is 5.83. The summed E-state index contributed by atoms with van der Waals surface area (Å²) in [5.41, 5.74) is 0.283. The predicted octanol–water partition coefficient (Wildman–Crippen LogP) is 2.29. The number of hydrogen-bond donors (Lipinski definition) is 2. The van der Waals surface area contributed by atoms with Crippen LogP contribution in [0.25, 0.3) is 0 Å². The van der Waals surface area contributed by atoms with Gasteiger partial charge in [0.1, 0.15) is 11.9 Å². The van der Waals surface area contributed by atoms with E-state index in [1.54, 1.807) is 24.3 Å². The van der Waals surface area contributed by atoms with E-state index in [1.165, 1.54) is 12.8 Å². The largest absolute Gasteiger partial charge is 0.489 e. The minimum Gasteiger partial charge on any atom is -0.489 e. The molecule has 0 amide bonds. The first-order valence-electron chi connectivity index (χ1n) is 6.40. The summed E-state index contributed by atoms with van der Waals surface area (Å²) in [6, 6.07) is 6.95. The Hall–Kier alpha value is -1.55. The van der Waals surface area contributed by atoms with E-state index in [2.05, 4.69) is 5.32 Å². The van der Waals surface area contributed by atoms with Gasteiger partial charge in [0, 0.05) is 6.04 Å².